The highest BCUT2D eigenvalue weighted by molar-refractivity contribution is 7.43. The van der Waals surface area contributed by atoms with Gasteiger partial charge in [-0.3, -0.25) is 13.6 Å². The Morgan fingerprint density at radius 2 is 0.483 bits per heavy atom. The van der Waals surface area contributed by atoms with E-state index in [1.165, 1.54) is 232 Å². The molecule has 0 aromatic heterocycles. The molecule has 12 heteroatoms. The molecule has 0 spiro atoms. The molecule has 0 saturated carbocycles. The third kappa shape index (κ3) is 38.2. The van der Waals surface area contributed by atoms with Gasteiger partial charge in [-0.25, -0.2) is 0 Å². The first-order valence-corrected chi connectivity index (χ1v) is 51.3. The van der Waals surface area contributed by atoms with Crippen LogP contribution in [0.25, 0.3) is 0 Å². The van der Waals surface area contributed by atoms with Gasteiger partial charge in [0.25, 0.3) is 0 Å². The molecule has 118 heavy (non-hydrogen) atoms. The number of para-hydroxylation sites is 3. The number of rotatable bonds is 65. The molecule has 6 aromatic carbocycles. The number of unbranched alkanes of at least 4 members (excludes halogenated alkanes) is 33. The predicted molar refractivity (Wildman–Crippen MR) is 511 cm³/mol. The van der Waals surface area contributed by atoms with Crippen LogP contribution in [-0.4, -0.2) is 19.8 Å². The zero-order chi connectivity index (χ0) is 85.4. The van der Waals surface area contributed by atoms with Crippen LogP contribution in [0, 0.1) is 20.8 Å². The average Bonchev–Trinajstić information content (AvgIpc) is 0.763. The Bertz CT molecular complexity index is 3500. The fraction of sp³-hybridized carbons (Fsp3) is 0.660. The molecule has 0 N–H and O–H groups in total. The van der Waals surface area contributed by atoms with Gasteiger partial charge in [-0.1, -0.05) is 395 Å². The van der Waals surface area contributed by atoms with Crippen molar-refractivity contribution >= 4 is 25.8 Å². The first kappa shape index (κ1) is 102. The first-order valence-electron chi connectivity index (χ1n) is 48.0. The van der Waals surface area contributed by atoms with Crippen molar-refractivity contribution in [2.75, 3.05) is 19.8 Å². The molecule has 0 fully saturated rings. The smallest absolute Gasteiger partial charge is 0.417 e. The third-order valence-corrected chi connectivity index (χ3v) is 26.8. The monoisotopic (exact) mass is 1680 g/mol. The third-order valence-electron chi connectivity index (χ3n) is 23.6. The van der Waals surface area contributed by atoms with Gasteiger partial charge < -0.3 is 27.1 Å². The molecule has 0 bridgehead atoms. The van der Waals surface area contributed by atoms with Crippen LogP contribution in [0.3, 0.4) is 0 Å². The SMILES string of the molecule is CCCCCCCCCOP(Oc1ccccc1CCCCCCCC)Oc1cc(C)c(C(C)CC(c2cc(C(C)(C)C)c(OP(OCCCCCCCCC)Oc3ccccc3CCCCCCCC)cc2C)c2cc(C(C)(C)C)c(OP(OCCCCCCCCC)Oc3ccccc3CCCCCCCC)cc2C)cc1C(C)(C)C. The molecule has 0 aliphatic carbocycles. The summed E-state index contributed by atoms with van der Waals surface area (Å²) >= 11 is 0. The maximum Gasteiger partial charge on any atom is 0.463 e. The standard InChI is InChI=1S/C106H169O9P3/c1-20-26-32-38-44-50-62-74-107-116(110-98-71-59-56-68-88(98)65-53-47-41-35-29-23-4)113-101-78-85(8)91(81-95(101)104(11,12)13)84(7)77-94(92-82-96(105(14,15)16)102(79-86(92)9)114-117(108-75-63-51-45-39-33-27-21-2)111-99-72-60-57-69-89(99)66-54-48-42-36-30-24-5)93-83-97(106(17,18)19)103(80-87(93)10)115-118(109-76-64-52-46-40-34-28-22-3)112-100-73-61-58-70-90(100)67-55-49-43-37-31-25-6/h56-61,68-73,78-84,94H,20-55,62-67,74-77H2,1-19H3. The minimum atomic E-state index is -1.85. The lowest BCUT2D eigenvalue weighted by molar-refractivity contribution is 0.255. The maximum atomic E-state index is 7.39. The lowest BCUT2D eigenvalue weighted by Gasteiger charge is -2.33. The minimum Gasteiger partial charge on any atom is -0.417 e. The summed E-state index contributed by atoms with van der Waals surface area (Å²) in [6, 6.07) is 40.2. The molecular weight excluding hydrogens is 1510 g/mol. The van der Waals surface area contributed by atoms with E-state index in [-0.39, 0.29) is 28.1 Å². The Morgan fingerprint density at radius 3 is 0.746 bits per heavy atom. The van der Waals surface area contributed by atoms with Gasteiger partial charge in [-0.05, 0) is 194 Å². The Balaban J connectivity index is 1.50. The van der Waals surface area contributed by atoms with Crippen LogP contribution in [0.5, 0.6) is 34.5 Å². The molecule has 662 valence electrons. The van der Waals surface area contributed by atoms with Gasteiger partial charge in [-0.2, -0.15) is 0 Å². The molecule has 0 heterocycles. The zero-order valence-electron chi connectivity index (χ0n) is 78.6. The quantitative estimate of drug-likeness (QED) is 0.0274. The second kappa shape index (κ2) is 57.7. The molecule has 0 radical (unpaired) electrons. The topological polar surface area (TPSA) is 83.1 Å². The fourth-order valence-electron chi connectivity index (χ4n) is 16.2. The lowest BCUT2D eigenvalue weighted by Crippen LogP contribution is -2.19. The van der Waals surface area contributed by atoms with E-state index >= 15 is 0 Å². The Kier molecular flexibility index (Phi) is 49.9. The molecule has 0 aliphatic rings. The van der Waals surface area contributed by atoms with E-state index in [4.69, 9.17) is 40.7 Å². The van der Waals surface area contributed by atoms with Crippen molar-refractivity contribution in [1.82, 2.24) is 0 Å². The first-order chi connectivity index (χ1) is 56.9. The molecule has 0 saturated heterocycles. The molecule has 6 rings (SSSR count). The average molecular weight is 1680 g/mol. The van der Waals surface area contributed by atoms with Crippen LogP contribution in [0.2, 0.25) is 0 Å². The highest BCUT2D eigenvalue weighted by Crippen LogP contribution is 2.53. The van der Waals surface area contributed by atoms with E-state index < -0.39 is 25.8 Å². The predicted octanol–water partition coefficient (Wildman–Crippen LogP) is 35.9. The van der Waals surface area contributed by atoms with Crippen molar-refractivity contribution in [1.29, 1.82) is 0 Å². The van der Waals surface area contributed by atoms with E-state index in [1.54, 1.807) is 0 Å². The van der Waals surface area contributed by atoms with Crippen molar-refractivity contribution in [2.45, 2.75) is 436 Å². The molecular formula is C106H169O9P3. The van der Waals surface area contributed by atoms with Crippen molar-refractivity contribution in [3.63, 3.8) is 0 Å². The van der Waals surface area contributed by atoms with Gasteiger partial charge in [0.1, 0.15) is 34.5 Å². The summed E-state index contributed by atoms with van der Waals surface area (Å²) in [5.41, 5.74) is 13.4. The Hall–Kier alpha value is -4.71. The molecule has 9 nitrogen and oxygen atoms in total. The van der Waals surface area contributed by atoms with E-state index in [1.807, 2.05) is 0 Å². The molecule has 0 aliphatic heterocycles. The zero-order valence-corrected chi connectivity index (χ0v) is 81.3. The van der Waals surface area contributed by atoms with E-state index in [0.29, 0.717) is 19.8 Å². The van der Waals surface area contributed by atoms with Crippen molar-refractivity contribution in [3.8, 4) is 34.5 Å². The fourth-order valence-corrected chi connectivity index (χ4v) is 19.5. The molecule has 4 unspecified atom stereocenters. The summed E-state index contributed by atoms with van der Waals surface area (Å²) < 4.78 is 64.1. The van der Waals surface area contributed by atoms with Gasteiger partial charge >= 0.3 is 25.8 Å². The molecule has 6 aromatic rings. The number of hydrogen-bond donors (Lipinski definition) is 0. The van der Waals surface area contributed by atoms with Gasteiger partial charge in [-0.15, -0.1) is 0 Å². The van der Waals surface area contributed by atoms with Gasteiger partial charge in [0.15, 0.2) is 0 Å². The Morgan fingerprint density at radius 1 is 0.263 bits per heavy atom. The van der Waals surface area contributed by atoms with Crippen LogP contribution < -0.4 is 27.1 Å². The van der Waals surface area contributed by atoms with E-state index in [2.05, 4.69) is 241 Å². The van der Waals surface area contributed by atoms with Gasteiger partial charge in [0.05, 0.1) is 19.8 Å². The largest absolute Gasteiger partial charge is 0.463 e. The highest BCUT2D eigenvalue weighted by atomic mass is 31.2. The van der Waals surface area contributed by atoms with Crippen molar-refractivity contribution < 1.29 is 40.7 Å². The van der Waals surface area contributed by atoms with Crippen molar-refractivity contribution in [2.24, 2.45) is 0 Å². The highest BCUT2D eigenvalue weighted by Gasteiger charge is 2.35. The maximum absolute atomic E-state index is 7.39. The van der Waals surface area contributed by atoms with E-state index in [0.717, 1.165) is 146 Å². The van der Waals surface area contributed by atoms with Gasteiger partial charge in [0, 0.05) is 22.6 Å². The number of hydrogen-bond acceptors (Lipinski definition) is 9. The van der Waals surface area contributed by atoms with Crippen LogP contribution in [0.1, 0.15) is 446 Å². The van der Waals surface area contributed by atoms with Crippen molar-refractivity contribution in [3.05, 3.63) is 176 Å². The van der Waals surface area contributed by atoms with Crippen LogP contribution in [0.4, 0.5) is 0 Å². The van der Waals surface area contributed by atoms with Gasteiger partial charge in [0.2, 0.25) is 0 Å². The number of aryl methyl sites for hydroxylation is 6. The summed E-state index contributed by atoms with van der Waals surface area (Å²) in [5.74, 6) is 5.03. The molecule has 0 amide bonds. The summed E-state index contributed by atoms with van der Waals surface area (Å²) in [4.78, 5) is 0. The second-order valence-electron chi connectivity index (χ2n) is 37.5. The molecule has 4 atom stereocenters. The summed E-state index contributed by atoms with van der Waals surface area (Å²) in [5, 5.41) is 0. The summed E-state index contributed by atoms with van der Waals surface area (Å²) in [6.45, 7) is 45.7. The van der Waals surface area contributed by atoms with Crippen LogP contribution in [-0.2, 0) is 49.1 Å². The normalized spacial score (nSPS) is 13.3. The van der Waals surface area contributed by atoms with E-state index in [9.17, 15) is 0 Å². The van der Waals surface area contributed by atoms with Crippen LogP contribution in [0.15, 0.2) is 109 Å². The summed E-state index contributed by atoms with van der Waals surface area (Å²) in [7, 11) is -5.52. The lowest BCUT2D eigenvalue weighted by atomic mass is 9.74. The second-order valence-corrected chi connectivity index (χ2v) is 40.7. The number of benzene rings is 6. The minimum absolute atomic E-state index is 0.0771. The summed E-state index contributed by atoms with van der Waals surface area (Å²) in [6.07, 6.45) is 51.2. The Labute approximate surface area is 728 Å². The van der Waals surface area contributed by atoms with Crippen LogP contribution >= 0.6 is 25.8 Å².